The number of carboxylic acid groups (broad SMARTS) is 1. The van der Waals surface area contributed by atoms with Crippen molar-refractivity contribution >= 4 is 29.6 Å². The van der Waals surface area contributed by atoms with Gasteiger partial charge < -0.3 is 40.2 Å². The van der Waals surface area contributed by atoms with Crippen LogP contribution in [-0.4, -0.2) is 89.9 Å². The van der Waals surface area contributed by atoms with Gasteiger partial charge in [-0.25, -0.2) is 9.59 Å². The van der Waals surface area contributed by atoms with E-state index in [0.29, 0.717) is 11.3 Å². The van der Waals surface area contributed by atoms with Gasteiger partial charge in [-0.1, -0.05) is 12.1 Å². The second kappa shape index (κ2) is 14.4. The van der Waals surface area contributed by atoms with Gasteiger partial charge in [-0.2, -0.15) is 13.2 Å². The average Bonchev–Trinajstić information content (AvgIpc) is 3.67. The molecular formula is C30H37F3N4O7. The summed E-state index contributed by atoms with van der Waals surface area (Å²) < 4.78 is 37.4. The molecule has 1 saturated heterocycles. The highest BCUT2D eigenvalue weighted by molar-refractivity contribution is 5.95. The van der Waals surface area contributed by atoms with E-state index in [9.17, 15) is 32.7 Å². The van der Waals surface area contributed by atoms with Gasteiger partial charge in [0.05, 0.1) is 44.9 Å². The summed E-state index contributed by atoms with van der Waals surface area (Å²) in [4.78, 5) is 48.9. The molecule has 3 atom stereocenters. The molecule has 2 aromatic rings. The van der Waals surface area contributed by atoms with E-state index in [4.69, 9.17) is 20.4 Å². The van der Waals surface area contributed by atoms with Crippen LogP contribution in [0.3, 0.4) is 0 Å². The third kappa shape index (κ3) is 9.86. The quantitative estimate of drug-likeness (QED) is 0.271. The number of aliphatic carboxylic acids is 1. The van der Waals surface area contributed by atoms with Gasteiger partial charge in [-0.05, 0) is 61.7 Å². The fourth-order valence-corrected chi connectivity index (χ4v) is 5.31. The number of likely N-dealkylation sites (N-methyl/N-ethyl adjacent to an activating group) is 1. The number of anilines is 1. The van der Waals surface area contributed by atoms with Crippen molar-refractivity contribution in [1.29, 1.82) is 0 Å². The van der Waals surface area contributed by atoms with E-state index in [1.165, 1.54) is 12.8 Å². The lowest BCUT2D eigenvalue weighted by Gasteiger charge is -2.36. The Kier molecular flexibility index (Phi) is 11.2. The summed E-state index contributed by atoms with van der Waals surface area (Å²) in [5, 5.41) is 21.3. The van der Waals surface area contributed by atoms with Gasteiger partial charge in [0.1, 0.15) is 17.8 Å². The van der Waals surface area contributed by atoms with Crippen molar-refractivity contribution in [3.8, 4) is 5.75 Å². The smallest absolute Gasteiger partial charge is 0.430 e. The molecular weight excluding hydrogens is 585 g/mol. The molecule has 240 valence electrons. The molecule has 2 aromatic carbocycles. The summed E-state index contributed by atoms with van der Waals surface area (Å²) >= 11 is 0. The molecule has 1 heterocycles. The van der Waals surface area contributed by atoms with E-state index in [0.717, 1.165) is 42.0 Å². The maximum absolute atomic E-state index is 13.7. The molecule has 1 aliphatic carbocycles. The molecule has 0 bridgehead atoms. The third-order valence-electron chi connectivity index (χ3n) is 7.59. The Balaban J connectivity index is 0.000000676. The van der Waals surface area contributed by atoms with E-state index < -0.39 is 36.1 Å². The normalized spacial score (nSPS) is 20.1. The lowest BCUT2D eigenvalue weighted by atomic mass is 10.0. The first kappa shape index (κ1) is 34.2. The monoisotopic (exact) mass is 622 g/mol. The van der Waals surface area contributed by atoms with Gasteiger partial charge in [-0.15, -0.1) is 0 Å². The van der Waals surface area contributed by atoms with E-state index >= 15 is 0 Å². The van der Waals surface area contributed by atoms with Gasteiger partial charge in [0, 0.05) is 24.4 Å². The molecule has 2 fully saturated rings. The molecule has 11 nitrogen and oxygen atoms in total. The number of hydrogen-bond acceptors (Lipinski definition) is 7. The highest BCUT2D eigenvalue weighted by Crippen LogP contribution is 2.35. The zero-order chi connectivity index (χ0) is 32.7. The summed E-state index contributed by atoms with van der Waals surface area (Å²) in [5.74, 6) is -3.14. The Labute approximate surface area is 253 Å². The van der Waals surface area contributed by atoms with Crippen LogP contribution >= 0.6 is 0 Å². The number of benzene rings is 2. The summed E-state index contributed by atoms with van der Waals surface area (Å²) in [7, 11) is 2.22. The Morgan fingerprint density at radius 2 is 1.68 bits per heavy atom. The van der Waals surface area contributed by atoms with Gasteiger partial charge in [0.2, 0.25) is 5.91 Å². The van der Waals surface area contributed by atoms with Gasteiger partial charge >= 0.3 is 18.2 Å². The van der Waals surface area contributed by atoms with Crippen molar-refractivity contribution in [3.63, 3.8) is 0 Å². The number of quaternary nitrogens is 1. The molecule has 0 spiro atoms. The first-order valence-corrected chi connectivity index (χ1v) is 14.2. The number of phenols is 1. The zero-order valence-electron chi connectivity index (χ0n) is 24.5. The highest BCUT2D eigenvalue weighted by atomic mass is 19.4. The number of carbonyl (C=O) groups excluding carboxylic acids is 4. The maximum atomic E-state index is 13.7. The topological polar surface area (TPSA) is 162 Å². The number of carbonyl (C=O) groups is 4. The van der Waals surface area contributed by atoms with Crippen LogP contribution in [0.25, 0.3) is 0 Å². The van der Waals surface area contributed by atoms with E-state index in [1.807, 2.05) is 0 Å². The van der Waals surface area contributed by atoms with Crippen molar-refractivity contribution in [2.24, 2.45) is 11.7 Å². The van der Waals surface area contributed by atoms with Gasteiger partial charge in [0.25, 0.3) is 0 Å². The number of carboxylic acids is 1. The Hall–Kier alpha value is -4.33. The maximum Gasteiger partial charge on any atom is 0.430 e. The van der Waals surface area contributed by atoms with Crippen LogP contribution in [0.4, 0.5) is 23.7 Å². The number of urea groups is 1. The Morgan fingerprint density at radius 3 is 2.18 bits per heavy atom. The number of aromatic hydroxyl groups is 1. The fourth-order valence-electron chi connectivity index (χ4n) is 5.31. The Morgan fingerprint density at radius 1 is 1.09 bits per heavy atom. The number of hydrogen-bond donors (Lipinski definition) is 3. The third-order valence-corrected chi connectivity index (χ3v) is 7.59. The Bertz CT molecular complexity index is 1320. The number of likely N-dealkylation sites (tertiary alicyclic amines) is 1. The second-order valence-corrected chi connectivity index (χ2v) is 11.3. The molecule has 1 unspecified atom stereocenters. The lowest BCUT2D eigenvalue weighted by Crippen LogP contribution is -2.57. The number of halogens is 3. The molecule has 0 aromatic heterocycles. The largest absolute Gasteiger partial charge is 0.542 e. The molecule has 4 N–H and O–H groups in total. The minimum Gasteiger partial charge on any atom is -0.542 e. The first-order valence-electron chi connectivity index (χ1n) is 14.2. The van der Waals surface area contributed by atoms with Crippen LogP contribution < -0.4 is 16.2 Å². The number of amides is 3. The van der Waals surface area contributed by atoms with Crippen LogP contribution in [0.5, 0.6) is 5.75 Å². The number of nitrogens with one attached hydrogen (secondary N) is 1. The average molecular weight is 623 g/mol. The SMILES string of the molecule is CCOC(=O)c1ccc(NC(=O)N([C@@H]2CC[N+](C)(CC3CC3)C2)[C@@H](Cc2ccc(O)cc2)C(N)=O)cc1.O=C([O-])C(F)(F)F. The lowest BCUT2D eigenvalue weighted by molar-refractivity contribution is -0.900. The molecule has 1 aliphatic heterocycles. The summed E-state index contributed by atoms with van der Waals surface area (Å²) in [6, 6.07) is 11.6. The number of phenolic OH excluding ortho intramolecular Hbond substituents is 1. The van der Waals surface area contributed by atoms with Gasteiger partial charge in [-0.3, -0.25) is 4.79 Å². The molecule has 1 saturated carbocycles. The number of alkyl halides is 3. The minimum atomic E-state index is -5.19. The number of nitrogens with zero attached hydrogens (tertiary/aromatic N) is 2. The van der Waals surface area contributed by atoms with Gasteiger partial charge in [0.15, 0.2) is 0 Å². The van der Waals surface area contributed by atoms with E-state index in [1.54, 1.807) is 60.4 Å². The molecule has 0 radical (unpaired) electrons. The number of rotatable bonds is 10. The number of nitrogens with two attached hydrogens (primary N) is 1. The zero-order valence-corrected chi connectivity index (χ0v) is 24.5. The predicted molar refractivity (Wildman–Crippen MR) is 151 cm³/mol. The fraction of sp³-hybridized carbons (Fsp3) is 0.467. The summed E-state index contributed by atoms with van der Waals surface area (Å²) in [6.45, 7) is 4.79. The highest BCUT2D eigenvalue weighted by Gasteiger charge is 2.45. The standard InChI is InChI=1S/C28H36N4O5.C2HF3O2/c1-3-37-27(35)21-8-10-22(11-9-21)30-28(36)31(23-14-15-32(2,18-23)17-20-4-5-20)25(26(29)34)16-19-6-12-24(33)13-7-19;3-2(4,5)1(6)7/h6-13,20,23,25H,3-5,14-18H2,1-2H3,(H3-,29,30,33,34,35,36);(H,6,7)/t23-,25+,32?;/m1./s1. The van der Waals surface area contributed by atoms with Crippen molar-refractivity contribution in [2.45, 2.75) is 50.9 Å². The first-order chi connectivity index (χ1) is 20.6. The molecule has 14 heteroatoms. The van der Waals surface area contributed by atoms with Crippen LogP contribution in [0.1, 0.15) is 42.1 Å². The number of primary amides is 1. The molecule has 4 rings (SSSR count). The van der Waals surface area contributed by atoms with Crippen molar-refractivity contribution in [1.82, 2.24) is 4.90 Å². The molecule has 3 amide bonds. The van der Waals surface area contributed by atoms with Crippen molar-refractivity contribution in [2.75, 3.05) is 38.6 Å². The minimum absolute atomic E-state index is 0.129. The second-order valence-electron chi connectivity index (χ2n) is 11.3. The summed E-state index contributed by atoms with van der Waals surface area (Å²) in [6.07, 6.45) is -1.66. The van der Waals surface area contributed by atoms with Crippen LogP contribution in [0, 0.1) is 5.92 Å². The molecule has 44 heavy (non-hydrogen) atoms. The van der Waals surface area contributed by atoms with Crippen LogP contribution in [0.2, 0.25) is 0 Å². The van der Waals surface area contributed by atoms with Crippen LogP contribution in [-0.2, 0) is 20.7 Å². The number of ether oxygens (including phenoxy) is 1. The van der Waals surface area contributed by atoms with Crippen LogP contribution in [0.15, 0.2) is 48.5 Å². The van der Waals surface area contributed by atoms with Crippen molar-refractivity contribution < 1.29 is 51.8 Å². The van der Waals surface area contributed by atoms with E-state index in [-0.39, 0.29) is 24.8 Å². The predicted octanol–water partition coefficient (Wildman–Crippen LogP) is 2.43. The van der Waals surface area contributed by atoms with Crippen molar-refractivity contribution in [3.05, 3.63) is 59.7 Å². The summed E-state index contributed by atoms with van der Waals surface area (Å²) in [5.41, 5.74) is 7.58. The number of esters is 1. The van der Waals surface area contributed by atoms with E-state index in [2.05, 4.69) is 12.4 Å². The molecule has 2 aliphatic rings.